The second kappa shape index (κ2) is 5.84. The van der Waals surface area contributed by atoms with Crippen LogP contribution in [0, 0.1) is 0 Å². The number of rotatable bonds is 5. The van der Waals surface area contributed by atoms with Crippen LogP contribution in [0.15, 0.2) is 0 Å². The van der Waals surface area contributed by atoms with Crippen molar-refractivity contribution in [2.24, 2.45) is 0 Å². The summed E-state index contributed by atoms with van der Waals surface area (Å²) in [5.41, 5.74) is 0. The van der Waals surface area contributed by atoms with Gasteiger partial charge in [-0.15, -0.1) is 0 Å². The van der Waals surface area contributed by atoms with E-state index in [4.69, 9.17) is 4.74 Å². The molecular weight excluding hydrogens is 210 g/mol. The lowest BCUT2D eigenvalue weighted by Gasteiger charge is -2.31. The molecule has 1 saturated heterocycles. The van der Waals surface area contributed by atoms with E-state index in [1.54, 1.807) is 0 Å². The van der Waals surface area contributed by atoms with Gasteiger partial charge < -0.3 is 14.7 Å². The van der Waals surface area contributed by atoms with E-state index in [0.29, 0.717) is 19.6 Å². The van der Waals surface area contributed by atoms with Gasteiger partial charge in [-0.05, 0) is 19.3 Å². The first-order chi connectivity index (χ1) is 7.57. The molecule has 0 radical (unpaired) electrons. The highest BCUT2D eigenvalue weighted by molar-refractivity contribution is 5.82. The molecule has 1 amide bonds. The first-order valence-corrected chi connectivity index (χ1v) is 5.69. The van der Waals surface area contributed by atoms with Crippen molar-refractivity contribution in [3.63, 3.8) is 0 Å². The number of hydrogen-bond donors (Lipinski definition) is 1. The van der Waals surface area contributed by atoms with Crippen LogP contribution in [0.25, 0.3) is 0 Å². The highest BCUT2D eigenvalue weighted by atomic mass is 16.5. The molecule has 1 aliphatic rings. The molecule has 1 rings (SSSR count). The molecule has 5 heteroatoms. The van der Waals surface area contributed by atoms with Crippen molar-refractivity contribution in [2.75, 3.05) is 13.2 Å². The lowest BCUT2D eigenvalue weighted by molar-refractivity contribution is -0.155. The van der Waals surface area contributed by atoms with Crippen LogP contribution in [0.2, 0.25) is 0 Å². The van der Waals surface area contributed by atoms with Crippen LogP contribution >= 0.6 is 0 Å². The Balaban J connectivity index is 2.80. The van der Waals surface area contributed by atoms with Gasteiger partial charge in [-0.1, -0.05) is 6.92 Å². The zero-order valence-corrected chi connectivity index (χ0v) is 9.81. The minimum atomic E-state index is -0.976. The third kappa shape index (κ3) is 2.95. The molecule has 92 valence electrons. The Bertz CT molecular complexity index is 261. The van der Waals surface area contributed by atoms with Crippen LogP contribution in [0.5, 0.6) is 0 Å². The highest BCUT2D eigenvalue weighted by Crippen LogP contribution is 2.20. The number of carbonyl (C=O) groups excluding carboxylic acids is 1. The van der Waals surface area contributed by atoms with E-state index in [2.05, 4.69) is 0 Å². The Kier molecular flexibility index (Phi) is 4.73. The van der Waals surface area contributed by atoms with E-state index in [0.717, 1.165) is 12.8 Å². The number of carbonyl (C=O) groups is 2. The molecule has 0 aromatic carbocycles. The van der Waals surface area contributed by atoms with Gasteiger partial charge in [0.25, 0.3) is 0 Å². The number of aliphatic carboxylic acids is 1. The molecule has 0 aromatic rings. The summed E-state index contributed by atoms with van der Waals surface area (Å²) in [7, 11) is 0. The molecule has 0 saturated carbocycles. The molecule has 1 N–H and O–H groups in total. The summed E-state index contributed by atoms with van der Waals surface area (Å²) in [4.78, 5) is 24.1. The summed E-state index contributed by atoms with van der Waals surface area (Å²) in [5, 5.41) is 9.21. The van der Waals surface area contributed by atoms with Gasteiger partial charge in [-0.3, -0.25) is 4.79 Å². The first kappa shape index (κ1) is 13.0. The van der Waals surface area contributed by atoms with Crippen molar-refractivity contribution < 1.29 is 19.4 Å². The van der Waals surface area contributed by atoms with Gasteiger partial charge >= 0.3 is 5.97 Å². The summed E-state index contributed by atoms with van der Waals surface area (Å²) < 4.78 is 5.38. The number of carboxylic acids is 1. The second-order valence-corrected chi connectivity index (χ2v) is 4.05. The van der Waals surface area contributed by atoms with E-state index in [9.17, 15) is 14.7 Å². The molecule has 0 bridgehead atoms. The van der Waals surface area contributed by atoms with Crippen molar-refractivity contribution in [2.45, 2.75) is 45.3 Å². The van der Waals surface area contributed by atoms with Gasteiger partial charge in [0.05, 0.1) is 6.10 Å². The number of nitrogens with zero attached hydrogens (tertiary/aromatic N) is 1. The Morgan fingerprint density at radius 2 is 2.25 bits per heavy atom. The van der Waals surface area contributed by atoms with E-state index in [-0.39, 0.29) is 12.0 Å². The average molecular weight is 229 g/mol. The van der Waals surface area contributed by atoms with Crippen molar-refractivity contribution in [1.82, 2.24) is 4.90 Å². The van der Waals surface area contributed by atoms with E-state index < -0.39 is 12.0 Å². The lowest BCUT2D eigenvalue weighted by atomic mass is 10.1. The Hall–Kier alpha value is -1.10. The van der Waals surface area contributed by atoms with Gasteiger partial charge in [0.1, 0.15) is 0 Å². The third-order valence-corrected chi connectivity index (χ3v) is 2.77. The summed E-state index contributed by atoms with van der Waals surface area (Å²) in [6.45, 7) is 4.38. The van der Waals surface area contributed by atoms with Gasteiger partial charge in [-0.2, -0.15) is 0 Å². The van der Waals surface area contributed by atoms with Crippen molar-refractivity contribution in [3.8, 4) is 0 Å². The van der Waals surface area contributed by atoms with Crippen LogP contribution in [0.3, 0.4) is 0 Å². The van der Waals surface area contributed by atoms with Crippen LogP contribution in [-0.2, 0) is 14.3 Å². The smallest absolute Gasteiger partial charge is 0.329 e. The molecule has 0 spiro atoms. The van der Waals surface area contributed by atoms with Crippen molar-refractivity contribution in [1.29, 1.82) is 0 Å². The van der Waals surface area contributed by atoms with E-state index in [1.165, 1.54) is 11.8 Å². The zero-order valence-electron chi connectivity index (χ0n) is 9.81. The molecule has 16 heavy (non-hydrogen) atoms. The maximum Gasteiger partial charge on any atom is 0.329 e. The fraction of sp³-hybridized carbons (Fsp3) is 0.818. The largest absolute Gasteiger partial charge is 0.480 e. The van der Waals surface area contributed by atoms with Crippen LogP contribution in [0.4, 0.5) is 0 Å². The quantitative estimate of drug-likeness (QED) is 0.759. The normalized spacial score (nSPS) is 21.8. The summed E-state index contributed by atoms with van der Waals surface area (Å²) in [6, 6.07) is -0.833. The minimum absolute atomic E-state index is 0.204. The molecule has 2 unspecified atom stereocenters. The SMILES string of the molecule is CCCN(C(C)=O)C(C(=O)O)C1CCCO1. The van der Waals surface area contributed by atoms with Gasteiger partial charge in [0.15, 0.2) is 6.04 Å². The Labute approximate surface area is 95.4 Å². The average Bonchev–Trinajstić information content (AvgIpc) is 2.69. The van der Waals surface area contributed by atoms with Crippen molar-refractivity contribution in [3.05, 3.63) is 0 Å². The predicted octanol–water partition coefficient (Wildman–Crippen LogP) is 0.877. The van der Waals surface area contributed by atoms with Crippen LogP contribution < -0.4 is 0 Å². The van der Waals surface area contributed by atoms with Gasteiger partial charge in [0.2, 0.25) is 5.91 Å². The zero-order chi connectivity index (χ0) is 12.1. The number of carboxylic acid groups (broad SMARTS) is 1. The second-order valence-electron chi connectivity index (χ2n) is 4.05. The summed E-state index contributed by atoms with van der Waals surface area (Å²) in [6.07, 6.45) is 1.97. The fourth-order valence-electron chi connectivity index (χ4n) is 2.08. The molecule has 0 aliphatic carbocycles. The molecular formula is C11H19NO4. The molecule has 1 aliphatic heterocycles. The van der Waals surface area contributed by atoms with Crippen molar-refractivity contribution >= 4 is 11.9 Å². The number of hydrogen-bond acceptors (Lipinski definition) is 3. The molecule has 2 atom stereocenters. The minimum Gasteiger partial charge on any atom is -0.480 e. The van der Waals surface area contributed by atoms with E-state index >= 15 is 0 Å². The number of amides is 1. The molecule has 1 fully saturated rings. The Morgan fingerprint density at radius 3 is 2.62 bits per heavy atom. The van der Waals surface area contributed by atoms with Gasteiger partial charge in [0, 0.05) is 20.1 Å². The maximum absolute atomic E-state index is 11.4. The Morgan fingerprint density at radius 1 is 1.56 bits per heavy atom. The standard InChI is InChI=1S/C11H19NO4/c1-3-6-12(8(2)13)10(11(14)15)9-5-4-7-16-9/h9-10H,3-7H2,1-2H3,(H,14,15). The van der Waals surface area contributed by atoms with E-state index in [1.807, 2.05) is 6.92 Å². The molecule has 5 nitrogen and oxygen atoms in total. The van der Waals surface area contributed by atoms with Crippen LogP contribution in [-0.4, -0.2) is 47.2 Å². The fourth-order valence-corrected chi connectivity index (χ4v) is 2.08. The third-order valence-electron chi connectivity index (χ3n) is 2.77. The maximum atomic E-state index is 11.4. The first-order valence-electron chi connectivity index (χ1n) is 5.69. The summed E-state index contributed by atoms with van der Waals surface area (Å²) in [5.74, 6) is -1.18. The summed E-state index contributed by atoms with van der Waals surface area (Å²) >= 11 is 0. The molecule has 0 aromatic heterocycles. The molecule has 1 heterocycles. The lowest BCUT2D eigenvalue weighted by Crippen LogP contribution is -2.51. The number of ether oxygens (including phenoxy) is 1. The predicted molar refractivity (Wildman–Crippen MR) is 58.1 cm³/mol. The highest BCUT2D eigenvalue weighted by Gasteiger charge is 2.37. The topological polar surface area (TPSA) is 66.8 Å². The van der Waals surface area contributed by atoms with Gasteiger partial charge in [-0.25, -0.2) is 4.79 Å². The monoisotopic (exact) mass is 229 g/mol. The van der Waals surface area contributed by atoms with Crippen LogP contribution in [0.1, 0.15) is 33.1 Å².